The molecule has 1 saturated heterocycles. The van der Waals surface area contributed by atoms with E-state index in [-0.39, 0.29) is 25.1 Å². The molecule has 0 radical (unpaired) electrons. The molecule has 5 atom stereocenters. The van der Waals surface area contributed by atoms with Gasteiger partial charge in [0.05, 0.1) is 11.8 Å². The Morgan fingerprint density at radius 3 is 2.43 bits per heavy atom. The first-order valence-electron chi connectivity index (χ1n) is 16.7. The number of hydrogen-bond acceptors (Lipinski definition) is 9. The number of likely N-dealkylation sites (tertiary alicyclic amines) is 1. The van der Waals surface area contributed by atoms with Crippen LogP contribution < -0.4 is 24.8 Å². The number of pyridine rings is 1. The highest BCUT2D eigenvalue weighted by molar-refractivity contribution is 7.91. The first-order chi connectivity index (χ1) is 24.1. The van der Waals surface area contributed by atoms with Crippen LogP contribution in [0.3, 0.4) is 0 Å². The molecule has 2 heterocycles. The smallest absolute Gasteiger partial charge is 0.413 e. The fraction of sp³-hybridized carbons (Fsp3) is 0.417. The Labute approximate surface area is 295 Å². The SMILES string of the molecule is C=C[C@H]1C[C@@]1(NC(=O)[C@H]1C[C@@H](Oc2nccc3ccccc23)CN1C(=O)[C@@H](NC(=O)Oc1ccc(F)cc1)C(C)(C)C)C(=O)NS(=O)(=O)C1CC1. The van der Waals surface area contributed by atoms with Gasteiger partial charge in [0.1, 0.15) is 35.3 Å². The predicted octanol–water partition coefficient (Wildman–Crippen LogP) is 3.59. The fourth-order valence-corrected chi connectivity index (χ4v) is 7.67. The average molecular weight is 722 g/mol. The summed E-state index contributed by atoms with van der Waals surface area (Å²) in [5.41, 5.74) is -2.47. The summed E-state index contributed by atoms with van der Waals surface area (Å²) < 4.78 is 52.5. The van der Waals surface area contributed by atoms with Gasteiger partial charge >= 0.3 is 6.09 Å². The van der Waals surface area contributed by atoms with Crippen molar-refractivity contribution in [3.05, 3.63) is 79.3 Å². The molecule has 6 rings (SSSR count). The van der Waals surface area contributed by atoms with Crippen LogP contribution in [0.5, 0.6) is 11.6 Å². The number of nitrogens with one attached hydrogen (secondary N) is 3. The molecule has 2 aliphatic carbocycles. The molecule has 3 aromatic rings. The Morgan fingerprint density at radius 2 is 1.78 bits per heavy atom. The lowest BCUT2D eigenvalue weighted by molar-refractivity contribution is -0.142. The van der Waals surface area contributed by atoms with E-state index in [0.717, 1.165) is 22.9 Å². The van der Waals surface area contributed by atoms with Crippen LogP contribution in [0.2, 0.25) is 0 Å². The number of carbonyl (C=O) groups excluding carboxylic acids is 4. The minimum absolute atomic E-state index is 0.00378. The van der Waals surface area contributed by atoms with Gasteiger partial charge in [0.25, 0.3) is 5.91 Å². The third-order valence-electron chi connectivity index (χ3n) is 9.41. The van der Waals surface area contributed by atoms with Crippen LogP contribution in [0, 0.1) is 17.2 Å². The number of benzene rings is 2. The Morgan fingerprint density at radius 1 is 1.08 bits per heavy atom. The molecule has 4 amide bonds. The van der Waals surface area contributed by atoms with E-state index in [4.69, 9.17) is 9.47 Å². The zero-order chi connectivity index (χ0) is 36.7. The van der Waals surface area contributed by atoms with Gasteiger partial charge in [0.15, 0.2) is 0 Å². The van der Waals surface area contributed by atoms with Crippen molar-refractivity contribution < 1.29 is 41.5 Å². The van der Waals surface area contributed by atoms with E-state index >= 15 is 0 Å². The van der Waals surface area contributed by atoms with Crippen LogP contribution in [0.4, 0.5) is 9.18 Å². The van der Waals surface area contributed by atoms with Gasteiger partial charge in [-0.2, -0.15) is 0 Å². The summed E-state index contributed by atoms with van der Waals surface area (Å²) in [4.78, 5) is 60.7. The molecule has 0 bridgehead atoms. The molecule has 1 aromatic heterocycles. The summed E-state index contributed by atoms with van der Waals surface area (Å²) in [5.74, 6) is -2.90. The molecule has 0 unspecified atom stereocenters. The van der Waals surface area contributed by atoms with Crippen LogP contribution >= 0.6 is 0 Å². The number of ether oxygens (including phenoxy) is 2. The van der Waals surface area contributed by atoms with Gasteiger partial charge in [-0.3, -0.25) is 19.1 Å². The summed E-state index contributed by atoms with van der Waals surface area (Å²) in [6, 6.07) is 11.7. The van der Waals surface area contributed by atoms with Gasteiger partial charge in [-0.25, -0.2) is 22.6 Å². The Hall–Kier alpha value is -5.05. The van der Waals surface area contributed by atoms with Gasteiger partial charge in [0.2, 0.25) is 27.7 Å². The Bertz CT molecular complexity index is 1980. The molecule has 3 N–H and O–H groups in total. The van der Waals surface area contributed by atoms with E-state index in [2.05, 4.69) is 26.9 Å². The van der Waals surface area contributed by atoms with E-state index in [0.29, 0.717) is 18.7 Å². The van der Waals surface area contributed by atoms with Gasteiger partial charge in [-0.15, -0.1) is 6.58 Å². The average Bonchev–Trinajstić information content (AvgIpc) is 4.01. The summed E-state index contributed by atoms with van der Waals surface area (Å²) in [6.45, 7) is 8.85. The largest absolute Gasteiger partial charge is 0.472 e. The lowest BCUT2D eigenvalue weighted by Crippen LogP contribution is -2.60. The summed E-state index contributed by atoms with van der Waals surface area (Å²) in [6.07, 6.45) is 2.37. The number of rotatable bonds is 11. The van der Waals surface area contributed by atoms with Crippen LogP contribution in [0.15, 0.2) is 73.4 Å². The van der Waals surface area contributed by atoms with Crippen molar-refractivity contribution in [2.24, 2.45) is 11.3 Å². The molecule has 15 heteroatoms. The van der Waals surface area contributed by atoms with Gasteiger partial charge in [-0.1, -0.05) is 45.0 Å². The predicted molar refractivity (Wildman–Crippen MR) is 184 cm³/mol. The fourth-order valence-electron chi connectivity index (χ4n) is 6.31. The number of sulfonamides is 1. The number of hydrogen-bond donors (Lipinski definition) is 3. The number of aromatic nitrogens is 1. The van der Waals surface area contributed by atoms with Crippen molar-refractivity contribution in [1.29, 1.82) is 0 Å². The zero-order valence-corrected chi connectivity index (χ0v) is 29.2. The topological polar surface area (TPSA) is 173 Å². The zero-order valence-electron chi connectivity index (χ0n) is 28.4. The van der Waals surface area contributed by atoms with E-state index in [9.17, 15) is 32.0 Å². The summed E-state index contributed by atoms with van der Waals surface area (Å²) in [5, 5.41) is 6.30. The third-order valence-corrected chi connectivity index (χ3v) is 11.2. The summed E-state index contributed by atoms with van der Waals surface area (Å²) >= 11 is 0. The van der Waals surface area contributed by atoms with E-state index in [1.54, 1.807) is 27.0 Å². The lowest BCUT2D eigenvalue weighted by atomic mass is 9.85. The molecular weight excluding hydrogens is 681 g/mol. The minimum atomic E-state index is -3.91. The van der Waals surface area contributed by atoms with Gasteiger partial charge in [0, 0.05) is 23.9 Å². The highest BCUT2D eigenvalue weighted by Crippen LogP contribution is 2.45. The van der Waals surface area contributed by atoms with Crippen molar-refractivity contribution >= 4 is 44.6 Å². The number of amides is 4. The van der Waals surface area contributed by atoms with Crippen molar-refractivity contribution in [3.63, 3.8) is 0 Å². The quantitative estimate of drug-likeness (QED) is 0.250. The molecular formula is C36H40FN5O8S. The molecule has 270 valence electrons. The van der Waals surface area contributed by atoms with Crippen LogP contribution in [-0.2, 0) is 24.4 Å². The lowest BCUT2D eigenvalue weighted by Gasteiger charge is -2.35. The highest BCUT2D eigenvalue weighted by Gasteiger charge is 2.62. The summed E-state index contributed by atoms with van der Waals surface area (Å²) in [7, 11) is -3.91. The van der Waals surface area contributed by atoms with Crippen LogP contribution in [0.1, 0.15) is 46.5 Å². The second-order valence-corrected chi connectivity index (χ2v) is 16.2. The minimum Gasteiger partial charge on any atom is -0.472 e. The first kappa shape index (κ1) is 35.8. The Balaban J connectivity index is 1.27. The monoisotopic (exact) mass is 721 g/mol. The number of halogens is 1. The van der Waals surface area contributed by atoms with E-state index < -0.39 is 80.0 Å². The van der Waals surface area contributed by atoms with Crippen molar-refractivity contribution in [2.45, 2.75) is 75.4 Å². The number of nitrogens with zero attached hydrogens (tertiary/aromatic N) is 2. The molecule has 13 nitrogen and oxygen atoms in total. The van der Waals surface area contributed by atoms with Crippen LogP contribution in [0.25, 0.3) is 10.8 Å². The number of carbonyl (C=O) groups is 4. The molecule has 51 heavy (non-hydrogen) atoms. The maximum atomic E-state index is 14.4. The standard InChI is InChI=1S/C36H40FN5O8S/c1-5-22-19-36(22,33(45)41-51(47,48)26-14-15-26)40-30(43)28-18-25(49-31-27-9-7-6-8-21(27)16-17-38-31)20-42(28)32(44)29(35(2,3)4)39-34(46)50-24-12-10-23(37)11-13-24/h5-13,16-17,22,25-26,28-29H,1,14-15,18-20H2,2-4H3,(H,39,46)(H,40,43)(H,41,45)/t22-,25+,28+,29+,36-/m0/s1. The van der Waals surface area contributed by atoms with E-state index in [1.807, 2.05) is 30.3 Å². The Kier molecular flexibility index (Phi) is 9.53. The maximum Gasteiger partial charge on any atom is 0.413 e. The molecule has 2 saturated carbocycles. The second kappa shape index (κ2) is 13.6. The first-order valence-corrected chi connectivity index (χ1v) is 18.2. The molecule has 3 fully saturated rings. The van der Waals surface area contributed by atoms with E-state index in [1.165, 1.54) is 23.1 Å². The molecule has 1 aliphatic heterocycles. The number of fused-ring (bicyclic) bond motifs is 1. The molecule has 0 spiro atoms. The van der Waals surface area contributed by atoms with Crippen molar-refractivity contribution in [3.8, 4) is 11.6 Å². The normalized spacial score (nSPS) is 23.5. The highest BCUT2D eigenvalue weighted by atomic mass is 32.2. The van der Waals surface area contributed by atoms with Gasteiger partial charge < -0.3 is 25.0 Å². The van der Waals surface area contributed by atoms with Gasteiger partial charge in [-0.05, 0) is 66.5 Å². The maximum absolute atomic E-state index is 14.4. The van der Waals surface area contributed by atoms with Crippen molar-refractivity contribution in [2.75, 3.05) is 6.54 Å². The van der Waals surface area contributed by atoms with Crippen molar-refractivity contribution in [1.82, 2.24) is 25.2 Å². The van der Waals surface area contributed by atoms with Crippen LogP contribution in [-0.4, -0.2) is 77.6 Å². The second-order valence-electron chi connectivity index (χ2n) is 14.3. The molecule has 2 aromatic carbocycles. The third kappa shape index (κ3) is 7.67. The molecule has 3 aliphatic rings.